The van der Waals surface area contributed by atoms with Crippen LogP contribution in [0.1, 0.15) is 21.9 Å². The van der Waals surface area contributed by atoms with E-state index in [1.54, 1.807) is 17.4 Å². The summed E-state index contributed by atoms with van der Waals surface area (Å²) < 4.78 is 8.50. The monoisotopic (exact) mass is 388 g/mol. The number of rotatable bonds is 3. The first kappa shape index (κ1) is 16.7. The van der Waals surface area contributed by atoms with Crippen molar-refractivity contribution < 1.29 is 9.21 Å². The Bertz CT molecular complexity index is 1310. The second-order valence-electron chi connectivity index (χ2n) is 6.62. The van der Waals surface area contributed by atoms with E-state index in [-0.39, 0.29) is 11.7 Å². The van der Waals surface area contributed by atoms with Crippen molar-refractivity contribution in [3.8, 4) is 5.13 Å². The smallest absolute Gasteiger partial charge is 0.291 e. The Balaban J connectivity index is 1.44. The van der Waals surface area contributed by atoms with E-state index in [9.17, 15) is 4.79 Å². The number of anilines is 1. The minimum atomic E-state index is -0.287. The molecule has 2 aromatic carbocycles. The van der Waals surface area contributed by atoms with Gasteiger partial charge in [-0.05, 0) is 50.2 Å². The summed E-state index contributed by atoms with van der Waals surface area (Å²) in [5.74, 6) is -0.00699. The van der Waals surface area contributed by atoms with Gasteiger partial charge in [-0.1, -0.05) is 29.5 Å². The molecule has 138 valence electrons. The van der Waals surface area contributed by atoms with Crippen LogP contribution < -0.4 is 5.32 Å². The number of hydrogen-bond acceptors (Lipinski definition) is 5. The van der Waals surface area contributed by atoms with Gasteiger partial charge in [-0.2, -0.15) is 5.10 Å². The van der Waals surface area contributed by atoms with Gasteiger partial charge >= 0.3 is 0 Å². The van der Waals surface area contributed by atoms with Crippen LogP contribution in [0.4, 0.5) is 5.69 Å². The maximum Gasteiger partial charge on any atom is 0.291 e. The lowest BCUT2D eigenvalue weighted by molar-refractivity contribution is 0.0998. The molecule has 0 unspecified atom stereocenters. The van der Waals surface area contributed by atoms with Gasteiger partial charge in [0.2, 0.25) is 5.13 Å². The van der Waals surface area contributed by atoms with E-state index in [0.29, 0.717) is 11.3 Å². The maximum atomic E-state index is 12.6. The van der Waals surface area contributed by atoms with E-state index in [4.69, 9.17) is 4.42 Å². The number of aromatic nitrogens is 3. The molecule has 0 radical (unpaired) electrons. The SMILES string of the molecule is Cc1cc(C)n(-c2nc3cc(NC(=O)c4cc5ccccc5o4)ccc3s2)n1. The summed E-state index contributed by atoms with van der Waals surface area (Å²) in [4.78, 5) is 17.2. The average Bonchev–Trinajstić information content (AvgIpc) is 3.37. The zero-order valence-electron chi connectivity index (χ0n) is 15.3. The van der Waals surface area contributed by atoms with Gasteiger partial charge in [-0.25, -0.2) is 9.67 Å². The molecule has 1 amide bonds. The minimum Gasteiger partial charge on any atom is -0.451 e. The lowest BCUT2D eigenvalue weighted by Gasteiger charge is -2.02. The fourth-order valence-corrected chi connectivity index (χ4v) is 4.15. The molecule has 0 saturated carbocycles. The van der Waals surface area contributed by atoms with Crippen molar-refractivity contribution in [2.24, 2.45) is 0 Å². The second-order valence-corrected chi connectivity index (χ2v) is 7.63. The first-order chi connectivity index (χ1) is 13.6. The van der Waals surface area contributed by atoms with Crippen LogP contribution in [0.25, 0.3) is 26.3 Å². The van der Waals surface area contributed by atoms with Crippen molar-refractivity contribution >= 4 is 44.1 Å². The number of carbonyl (C=O) groups is 1. The molecule has 0 saturated heterocycles. The molecule has 3 heterocycles. The fraction of sp³-hybridized carbons (Fsp3) is 0.0952. The van der Waals surface area contributed by atoms with Crippen LogP contribution in [-0.4, -0.2) is 20.7 Å². The number of aryl methyl sites for hydroxylation is 2. The van der Waals surface area contributed by atoms with Crippen molar-refractivity contribution in [2.45, 2.75) is 13.8 Å². The van der Waals surface area contributed by atoms with E-state index in [2.05, 4.69) is 15.4 Å². The quantitative estimate of drug-likeness (QED) is 0.467. The molecule has 28 heavy (non-hydrogen) atoms. The Kier molecular flexibility index (Phi) is 3.77. The van der Waals surface area contributed by atoms with Crippen LogP contribution in [0.2, 0.25) is 0 Å². The molecule has 0 aliphatic carbocycles. The standard InChI is InChI=1S/C21H16N4O2S/c1-12-9-13(2)25(24-12)21-23-16-11-15(7-8-19(16)28-21)22-20(26)18-10-14-5-3-4-6-17(14)27-18/h3-11H,1-2H3,(H,22,26). The number of hydrogen-bond donors (Lipinski definition) is 1. The van der Waals surface area contributed by atoms with Crippen LogP contribution in [-0.2, 0) is 0 Å². The third-order valence-electron chi connectivity index (χ3n) is 4.47. The Hall–Kier alpha value is -3.45. The van der Waals surface area contributed by atoms with Gasteiger partial charge in [0.15, 0.2) is 5.76 Å². The third kappa shape index (κ3) is 2.86. The molecule has 5 rings (SSSR count). The zero-order valence-corrected chi connectivity index (χ0v) is 16.1. The number of furan rings is 1. The summed E-state index contributed by atoms with van der Waals surface area (Å²) in [5, 5.41) is 9.08. The number of thiazole rings is 1. The summed E-state index contributed by atoms with van der Waals surface area (Å²) in [5.41, 5.74) is 4.17. The maximum absolute atomic E-state index is 12.6. The van der Waals surface area contributed by atoms with E-state index in [0.717, 1.165) is 32.1 Å². The van der Waals surface area contributed by atoms with Gasteiger partial charge in [0.05, 0.1) is 15.9 Å². The van der Waals surface area contributed by atoms with E-state index in [1.807, 2.05) is 67.1 Å². The largest absolute Gasteiger partial charge is 0.451 e. The number of nitrogens with one attached hydrogen (secondary N) is 1. The van der Waals surface area contributed by atoms with E-state index < -0.39 is 0 Å². The first-order valence-electron chi connectivity index (χ1n) is 8.81. The number of nitrogens with zero attached hydrogens (tertiary/aromatic N) is 3. The number of carbonyl (C=O) groups excluding carboxylic acids is 1. The number of benzene rings is 2. The average molecular weight is 388 g/mol. The highest BCUT2D eigenvalue weighted by Crippen LogP contribution is 2.28. The van der Waals surface area contributed by atoms with Gasteiger partial charge in [-0.15, -0.1) is 0 Å². The fourth-order valence-electron chi connectivity index (χ4n) is 3.19. The van der Waals surface area contributed by atoms with Crippen LogP contribution in [0.15, 0.2) is 59.0 Å². The molecule has 5 aromatic rings. The molecule has 0 spiro atoms. The van der Waals surface area contributed by atoms with Crippen molar-refractivity contribution in [1.82, 2.24) is 14.8 Å². The molecule has 0 fully saturated rings. The highest BCUT2D eigenvalue weighted by Gasteiger charge is 2.14. The van der Waals surface area contributed by atoms with Gasteiger partial charge in [0.1, 0.15) is 5.58 Å². The molecule has 0 aliphatic heterocycles. The molecule has 0 atom stereocenters. The Morgan fingerprint density at radius 1 is 1.11 bits per heavy atom. The van der Waals surface area contributed by atoms with Crippen LogP contribution in [0.5, 0.6) is 0 Å². The first-order valence-corrected chi connectivity index (χ1v) is 9.63. The highest BCUT2D eigenvalue weighted by atomic mass is 32.1. The zero-order chi connectivity index (χ0) is 19.3. The lowest BCUT2D eigenvalue weighted by Crippen LogP contribution is -2.10. The summed E-state index contributed by atoms with van der Waals surface area (Å²) in [6.45, 7) is 3.97. The number of fused-ring (bicyclic) bond motifs is 2. The third-order valence-corrected chi connectivity index (χ3v) is 5.49. The topological polar surface area (TPSA) is 73.0 Å². The van der Waals surface area contributed by atoms with Gasteiger partial charge in [0, 0.05) is 16.8 Å². The molecular formula is C21H16N4O2S. The van der Waals surface area contributed by atoms with Crippen molar-refractivity contribution in [3.05, 3.63) is 71.7 Å². The molecular weight excluding hydrogens is 372 g/mol. The predicted octanol–water partition coefficient (Wildman–Crippen LogP) is 5.10. The van der Waals surface area contributed by atoms with Gasteiger partial charge in [0.25, 0.3) is 5.91 Å². The van der Waals surface area contributed by atoms with Crippen LogP contribution >= 0.6 is 11.3 Å². The van der Waals surface area contributed by atoms with Crippen LogP contribution in [0.3, 0.4) is 0 Å². The molecule has 3 aromatic heterocycles. The summed E-state index contributed by atoms with van der Waals surface area (Å²) in [6, 6.07) is 17.0. The van der Waals surface area contributed by atoms with Crippen molar-refractivity contribution in [2.75, 3.05) is 5.32 Å². The Morgan fingerprint density at radius 3 is 2.75 bits per heavy atom. The summed E-state index contributed by atoms with van der Waals surface area (Å²) in [7, 11) is 0. The molecule has 6 nitrogen and oxygen atoms in total. The molecule has 1 N–H and O–H groups in total. The van der Waals surface area contributed by atoms with Crippen LogP contribution in [0, 0.1) is 13.8 Å². The Morgan fingerprint density at radius 2 is 1.96 bits per heavy atom. The van der Waals surface area contributed by atoms with E-state index >= 15 is 0 Å². The van der Waals surface area contributed by atoms with Gasteiger partial charge in [-0.3, -0.25) is 4.79 Å². The lowest BCUT2D eigenvalue weighted by atomic mass is 10.2. The predicted molar refractivity (Wildman–Crippen MR) is 110 cm³/mol. The molecule has 0 aliphatic rings. The summed E-state index contributed by atoms with van der Waals surface area (Å²) in [6.07, 6.45) is 0. The molecule has 0 bridgehead atoms. The minimum absolute atomic E-state index is 0.280. The number of para-hydroxylation sites is 1. The van der Waals surface area contributed by atoms with E-state index in [1.165, 1.54) is 0 Å². The van der Waals surface area contributed by atoms with Crippen molar-refractivity contribution in [1.29, 1.82) is 0 Å². The summed E-state index contributed by atoms with van der Waals surface area (Å²) >= 11 is 1.56. The molecule has 7 heteroatoms. The van der Waals surface area contributed by atoms with Gasteiger partial charge < -0.3 is 9.73 Å². The Labute approximate surface area is 164 Å². The van der Waals surface area contributed by atoms with Crippen molar-refractivity contribution in [3.63, 3.8) is 0 Å². The normalized spacial score (nSPS) is 11.4. The second kappa shape index (κ2) is 6.31. The highest BCUT2D eigenvalue weighted by molar-refractivity contribution is 7.20. The number of amides is 1.